The van der Waals surface area contributed by atoms with Crippen LogP contribution in [0.5, 0.6) is 0 Å². The normalized spacial score (nSPS) is 14.9. The summed E-state index contributed by atoms with van der Waals surface area (Å²) in [6.45, 7) is 2.11. The fraction of sp³-hybridized carbons (Fsp3) is 0.278. The Balaban J connectivity index is 2.19. The standard InChI is InChI=1S/C18H18O/c1-13-6-11-18-15(12-13)8-10-16(19)9-7-14-4-2-3-5-17(14)18/h2-6,11-12H,7-10H2,1H3. The summed E-state index contributed by atoms with van der Waals surface area (Å²) in [5, 5.41) is 0. The summed E-state index contributed by atoms with van der Waals surface area (Å²) in [5.41, 5.74) is 6.47. The van der Waals surface area contributed by atoms with Crippen molar-refractivity contribution in [2.45, 2.75) is 32.6 Å². The van der Waals surface area contributed by atoms with Crippen molar-refractivity contribution in [3.63, 3.8) is 0 Å². The first-order chi connectivity index (χ1) is 9.24. The van der Waals surface area contributed by atoms with Gasteiger partial charge in [-0.3, -0.25) is 4.79 Å². The predicted octanol–water partition coefficient (Wildman–Crippen LogP) is 4.11. The van der Waals surface area contributed by atoms with Crippen LogP contribution >= 0.6 is 0 Å². The number of fused-ring (bicyclic) bond motifs is 3. The molecule has 96 valence electrons. The highest BCUT2D eigenvalue weighted by Gasteiger charge is 2.14. The highest BCUT2D eigenvalue weighted by atomic mass is 16.1. The second kappa shape index (κ2) is 5.00. The zero-order valence-corrected chi connectivity index (χ0v) is 11.3. The van der Waals surface area contributed by atoms with Crippen LogP contribution < -0.4 is 0 Å². The van der Waals surface area contributed by atoms with Crippen LogP contribution in [0.2, 0.25) is 0 Å². The van der Waals surface area contributed by atoms with Gasteiger partial charge in [-0.15, -0.1) is 0 Å². The lowest BCUT2D eigenvalue weighted by Gasteiger charge is -2.12. The van der Waals surface area contributed by atoms with E-state index in [4.69, 9.17) is 0 Å². The van der Waals surface area contributed by atoms with Gasteiger partial charge in [0.15, 0.2) is 0 Å². The van der Waals surface area contributed by atoms with E-state index in [2.05, 4.69) is 49.4 Å². The van der Waals surface area contributed by atoms with E-state index >= 15 is 0 Å². The molecule has 0 bridgehead atoms. The molecule has 0 unspecified atom stereocenters. The molecule has 0 heterocycles. The molecule has 0 aliphatic heterocycles. The summed E-state index contributed by atoms with van der Waals surface area (Å²) < 4.78 is 0. The number of ketones is 1. The number of rotatable bonds is 0. The molecule has 0 saturated carbocycles. The minimum Gasteiger partial charge on any atom is -0.300 e. The number of hydrogen-bond donors (Lipinski definition) is 0. The topological polar surface area (TPSA) is 17.1 Å². The molecule has 0 atom stereocenters. The van der Waals surface area contributed by atoms with Gasteiger partial charge in [-0.25, -0.2) is 0 Å². The van der Waals surface area contributed by atoms with Crippen LogP contribution in [0.3, 0.4) is 0 Å². The van der Waals surface area contributed by atoms with Crippen molar-refractivity contribution < 1.29 is 4.79 Å². The van der Waals surface area contributed by atoms with E-state index in [1.807, 2.05) is 0 Å². The van der Waals surface area contributed by atoms with Crippen LogP contribution in [-0.2, 0) is 17.6 Å². The van der Waals surface area contributed by atoms with Crippen molar-refractivity contribution in [2.75, 3.05) is 0 Å². The highest BCUT2D eigenvalue weighted by molar-refractivity contribution is 5.81. The van der Waals surface area contributed by atoms with E-state index in [1.54, 1.807) is 0 Å². The summed E-state index contributed by atoms with van der Waals surface area (Å²) >= 11 is 0. The number of benzene rings is 2. The van der Waals surface area contributed by atoms with E-state index in [0.717, 1.165) is 12.8 Å². The Hall–Kier alpha value is -1.89. The number of carbonyl (C=O) groups is 1. The number of carbonyl (C=O) groups excluding carboxylic acids is 1. The zero-order valence-electron chi connectivity index (χ0n) is 11.3. The van der Waals surface area contributed by atoms with Crippen molar-refractivity contribution in [2.24, 2.45) is 0 Å². The van der Waals surface area contributed by atoms with Crippen LogP contribution in [0.1, 0.15) is 29.5 Å². The van der Waals surface area contributed by atoms with Gasteiger partial charge < -0.3 is 0 Å². The lowest BCUT2D eigenvalue weighted by molar-refractivity contribution is -0.119. The fourth-order valence-electron chi connectivity index (χ4n) is 2.87. The SMILES string of the molecule is Cc1ccc2c(c1)CCC(=O)CCc1ccccc1-2. The summed E-state index contributed by atoms with van der Waals surface area (Å²) in [4.78, 5) is 11.9. The minimum absolute atomic E-state index is 0.379. The lowest BCUT2D eigenvalue weighted by atomic mass is 9.92. The molecule has 0 saturated heterocycles. The molecule has 1 nitrogen and oxygen atoms in total. The zero-order chi connectivity index (χ0) is 13.2. The van der Waals surface area contributed by atoms with Crippen molar-refractivity contribution >= 4 is 5.78 Å². The first kappa shape index (κ1) is 12.2. The van der Waals surface area contributed by atoms with E-state index in [-0.39, 0.29) is 0 Å². The monoisotopic (exact) mass is 250 g/mol. The van der Waals surface area contributed by atoms with Crippen LogP contribution in [0.25, 0.3) is 11.1 Å². The maximum absolute atomic E-state index is 11.9. The van der Waals surface area contributed by atoms with Gasteiger partial charge in [0.05, 0.1) is 0 Å². The summed E-state index contributed by atoms with van der Waals surface area (Å²) in [6.07, 6.45) is 3.07. The third-order valence-corrected chi connectivity index (χ3v) is 3.91. The van der Waals surface area contributed by atoms with E-state index < -0.39 is 0 Å². The van der Waals surface area contributed by atoms with E-state index in [1.165, 1.54) is 27.8 Å². The Labute approximate surface area is 114 Å². The molecular weight excluding hydrogens is 232 g/mol. The molecule has 1 aliphatic rings. The maximum atomic E-state index is 11.9. The second-order valence-electron chi connectivity index (χ2n) is 5.36. The predicted molar refractivity (Wildman–Crippen MR) is 78.3 cm³/mol. The van der Waals surface area contributed by atoms with Gasteiger partial charge in [0.25, 0.3) is 0 Å². The summed E-state index contributed by atoms with van der Waals surface area (Å²) in [7, 11) is 0. The molecule has 1 aliphatic carbocycles. The van der Waals surface area contributed by atoms with Crippen molar-refractivity contribution in [1.82, 2.24) is 0 Å². The Morgan fingerprint density at radius 2 is 1.47 bits per heavy atom. The molecule has 0 amide bonds. The third kappa shape index (κ3) is 2.46. The molecule has 0 aromatic heterocycles. The Morgan fingerprint density at radius 1 is 0.789 bits per heavy atom. The van der Waals surface area contributed by atoms with Gasteiger partial charge in [0.2, 0.25) is 0 Å². The molecule has 2 aromatic rings. The summed E-state index contributed by atoms with van der Waals surface area (Å²) in [6, 6.07) is 15.1. The average Bonchev–Trinajstić information content (AvgIpc) is 2.49. The number of Topliss-reactive ketones (excluding diaryl/α,β-unsaturated/α-hetero) is 1. The van der Waals surface area contributed by atoms with Crippen molar-refractivity contribution in [1.29, 1.82) is 0 Å². The Bertz CT molecular complexity index is 625. The van der Waals surface area contributed by atoms with Crippen molar-refractivity contribution in [3.05, 3.63) is 59.2 Å². The Kier molecular flexibility index (Phi) is 3.20. The molecule has 19 heavy (non-hydrogen) atoms. The minimum atomic E-state index is 0.379. The van der Waals surface area contributed by atoms with Gasteiger partial charge in [0.1, 0.15) is 5.78 Å². The van der Waals surface area contributed by atoms with Gasteiger partial charge in [-0.05, 0) is 42.0 Å². The highest BCUT2D eigenvalue weighted by Crippen LogP contribution is 2.31. The molecule has 1 heteroatoms. The largest absolute Gasteiger partial charge is 0.300 e. The fourth-order valence-corrected chi connectivity index (χ4v) is 2.87. The molecular formula is C18H18O. The van der Waals surface area contributed by atoms with Crippen LogP contribution in [-0.4, -0.2) is 5.78 Å². The van der Waals surface area contributed by atoms with Gasteiger partial charge >= 0.3 is 0 Å². The molecule has 2 aromatic carbocycles. The van der Waals surface area contributed by atoms with Crippen molar-refractivity contribution in [3.8, 4) is 11.1 Å². The first-order valence-corrected chi connectivity index (χ1v) is 6.93. The van der Waals surface area contributed by atoms with E-state index in [9.17, 15) is 4.79 Å². The molecule has 3 rings (SSSR count). The lowest BCUT2D eigenvalue weighted by Crippen LogP contribution is -2.00. The van der Waals surface area contributed by atoms with Crippen LogP contribution in [0, 0.1) is 6.92 Å². The maximum Gasteiger partial charge on any atom is 0.133 e. The van der Waals surface area contributed by atoms with Gasteiger partial charge in [-0.2, -0.15) is 0 Å². The van der Waals surface area contributed by atoms with Crippen LogP contribution in [0.4, 0.5) is 0 Å². The smallest absolute Gasteiger partial charge is 0.133 e. The third-order valence-electron chi connectivity index (χ3n) is 3.91. The van der Waals surface area contributed by atoms with Gasteiger partial charge in [0, 0.05) is 12.8 Å². The summed E-state index contributed by atoms with van der Waals surface area (Å²) in [5.74, 6) is 0.379. The van der Waals surface area contributed by atoms with E-state index in [0.29, 0.717) is 18.6 Å². The molecule has 0 fully saturated rings. The first-order valence-electron chi connectivity index (χ1n) is 6.93. The van der Waals surface area contributed by atoms with Gasteiger partial charge in [-0.1, -0.05) is 48.0 Å². The Morgan fingerprint density at radius 3 is 2.32 bits per heavy atom. The number of aryl methyl sites for hydroxylation is 3. The average molecular weight is 250 g/mol. The second-order valence-corrected chi connectivity index (χ2v) is 5.36. The molecule has 0 spiro atoms. The molecule has 0 N–H and O–H groups in total. The quantitative estimate of drug-likeness (QED) is 0.687. The van der Waals surface area contributed by atoms with Crippen LogP contribution in [0.15, 0.2) is 42.5 Å². The molecule has 0 radical (unpaired) electrons. The number of hydrogen-bond acceptors (Lipinski definition) is 1.